The first-order chi connectivity index (χ1) is 7.38. The quantitative estimate of drug-likeness (QED) is 0.821. The summed E-state index contributed by atoms with van der Waals surface area (Å²) in [6, 6.07) is 4.56. The Morgan fingerprint density at radius 3 is 2.73 bits per heavy atom. The molecule has 0 unspecified atom stereocenters. The van der Waals surface area contributed by atoms with Crippen LogP contribution < -0.4 is 10.1 Å². The lowest BCUT2D eigenvalue weighted by Gasteiger charge is -2.28. The molecule has 15 heavy (non-hydrogen) atoms. The smallest absolute Gasteiger partial charge is 0.137 e. The maximum Gasteiger partial charge on any atom is 0.137 e. The first-order valence-electron chi connectivity index (χ1n) is 5.62. The fraction of sp³-hybridized carbons (Fsp3) is 0.583. The Kier molecular flexibility index (Phi) is 3.56. The lowest BCUT2D eigenvalue weighted by Crippen LogP contribution is -2.34. The molecular weight excluding hydrogens is 188 g/mol. The van der Waals surface area contributed by atoms with Crippen molar-refractivity contribution in [3.63, 3.8) is 0 Å². The van der Waals surface area contributed by atoms with E-state index in [9.17, 15) is 0 Å². The minimum absolute atomic E-state index is 0.374. The second-order valence-electron chi connectivity index (χ2n) is 4.07. The summed E-state index contributed by atoms with van der Waals surface area (Å²) in [5, 5.41) is 3.32. The zero-order chi connectivity index (χ0) is 10.5. The maximum absolute atomic E-state index is 5.86. The second-order valence-corrected chi connectivity index (χ2v) is 4.07. The number of pyridine rings is 1. The van der Waals surface area contributed by atoms with E-state index >= 15 is 0 Å². The van der Waals surface area contributed by atoms with Gasteiger partial charge >= 0.3 is 0 Å². The van der Waals surface area contributed by atoms with Crippen molar-refractivity contribution >= 4 is 0 Å². The summed E-state index contributed by atoms with van der Waals surface area (Å²) in [6.45, 7) is 0. The molecule has 1 aliphatic rings. The molecule has 0 atom stereocenters. The van der Waals surface area contributed by atoms with Gasteiger partial charge in [-0.05, 0) is 44.9 Å². The maximum atomic E-state index is 5.86. The van der Waals surface area contributed by atoms with Gasteiger partial charge in [0.2, 0.25) is 0 Å². The van der Waals surface area contributed by atoms with Crippen molar-refractivity contribution in [1.82, 2.24) is 10.3 Å². The van der Waals surface area contributed by atoms with Crippen LogP contribution >= 0.6 is 0 Å². The highest BCUT2D eigenvalue weighted by Crippen LogP contribution is 2.22. The minimum Gasteiger partial charge on any atom is -0.489 e. The van der Waals surface area contributed by atoms with Crippen molar-refractivity contribution < 1.29 is 4.74 Å². The van der Waals surface area contributed by atoms with Gasteiger partial charge in [-0.15, -0.1) is 0 Å². The third-order valence-electron chi connectivity index (χ3n) is 3.02. The van der Waals surface area contributed by atoms with Gasteiger partial charge in [0.15, 0.2) is 0 Å². The summed E-state index contributed by atoms with van der Waals surface area (Å²) in [6.07, 6.45) is 8.62. The average molecular weight is 206 g/mol. The molecule has 0 radical (unpaired) electrons. The summed E-state index contributed by atoms with van der Waals surface area (Å²) in [4.78, 5) is 4.04. The zero-order valence-electron chi connectivity index (χ0n) is 9.15. The Morgan fingerprint density at radius 1 is 1.33 bits per heavy atom. The van der Waals surface area contributed by atoms with E-state index in [2.05, 4.69) is 10.3 Å². The number of hydrogen-bond acceptors (Lipinski definition) is 3. The fourth-order valence-corrected chi connectivity index (χ4v) is 2.08. The van der Waals surface area contributed by atoms with Gasteiger partial charge in [-0.3, -0.25) is 4.98 Å². The Hall–Kier alpha value is -1.09. The molecule has 0 amide bonds. The fourth-order valence-electron chi connectivity index (χ4n) is 2.08. The summed E-state index contributed by atoms with van der Waals surface area (Å²) in [5.74, 6) is 0.894. The summed E-state index contributed by atoms with van der Waals surface area (Å²) in [7, 11) is 2.03. The molecule has 0 aromatic carbocycles. The Bertz CT molecular complexity index is 281. The molecule has 0 saturated heterocycles. The number of rotatable bonds is 3. The number of aromatic nitrogens is 1. The molecule has 2 rings (SSSR count). The molecule has 82 valence electrons. The molecule has 1 aromatic rings. The van der Waals surface area contributed by atoms with Gasteiger partial charge in [0.25, 0.3) is 0 Å². The van der Waals surface area contributed by atoms with Crippen molar-refractivity contribution in [2.24, 2.45) is 0 Å². The van der Waals surface area contributed by atoms with Gasteiger partial charge in [0.05, 0.1) is 12.3 Å². The van der Waals surface area contributed by atoms with Crippen LogP contribution in [0.25, 0.3) is 0 Å². The molecule has 1 fully saturated rings. The van der Waals surface area contributed by atoms with Crippen molar-refractivity contribution in [2.75, 3.05) is 7.05 Å². The van der Waals surface area contributed by atoms with Gasteiger partial charge in [-0.25, -0.2) is 0 Å². The first kappa shape index (κ1) is 10.4. The van der Waals surface area contributed by atoms with E-state index in [0.29, 0.717) is 12.1 Å². The van der Waals surface area contributed by atoms with Crippen LogP contribution in [0, 0.1) is 0 Å². The number of nitrogens with one attached hydrogen (secondary N) is 1. The molecule has 0 spiro atoms. The molecule has 3 heteroatoms. The molecule has 3 nitrogen and oxygen atoms in total. The van der Waals surface area contributed by atoms with Crippen LogP contribution in [0.2, 0.25) is 0 Å². The summed E-state index contributed by atoms with van der Waals surface area (Å²) < 4.78 is 5.86. The van der Waals surface area contributed by atoms with E-state index in [4.69, 9.17) is 4.74 Å². The Labute approximate surface area is 90.9 Å². The highest BCUT2D eigenvalue weighted by atomic mass is 16.5. The van der Waals surface area contributed by atoms with Crippen LogP contribution in [0.1, 0.15) is 25.7 Å². The van der Waals surface area contributed by atoms with Gasteiger partial charge in [0, 0.05) is 12.2 Å². The van der Waals surface area contributed by atoms with Crippen LogP contribution in [-0.2, 0) is 0 Å². The predicted octanol–water partition coefficient (Wildman–Crippen LogP) is 1.99. The van der Waals surface area contributed by atoms with Crippen molar-refractivity contribution in [3.8, 4) is 5.75 Å². The Balaban J connectivity index is 1.82. The van der Waals surface area contributed by atoms with E-state index in [0.717, 1.165) is 18.6 Å². The van der Waals surface area contributed by atoms with E-state index in [1.807, 2.05) is 19.2 Å². The van der Waals surface area contributed by atoms with E-state index in [1.54, 1.807) is 12.4 Å². The normalized spacial score (nSPS) is 26.2. The largest absolute Gasteiger partial charge is 0.489 e. The van der Waals surface area contributed by atoms with Crippen LogP contribution in [0.4, 0.5) is 0 Å². The SMILES string of the molecule is CN[C@H]1CC[C@H](Oc2cccnc2)CC1. The minimum atomic E-state index is 0.374. The van der Waals surface area contributed by atoms with E-state index in [1.165, 1.54) is 12.8 Å². The van der Waals surface area contributed by atoms with Crippen LogP contribution in [0.5, 0.6) is 5.75 Å². The molecule has 0 aliphatic heterocycles. The molecule has 0 bridgehead atoms. The van der Waals surface area contributed by atoms with Gasteiger partial charge in [0.1, 0.15) is 5.75 Å². The molecule has 1 aromatic heterocycles. The third kappa shape index (κ3) is 2.93. The number of hydrogen-bond donors (Lipinski definition) is 1. The van der Waals surface area contributed by atoms with Crippen LogP contribution in [0.15, 0.2) is 24.5 Å². The lowest BCUT2D eigenvalue weighted by atomic mass is 9.93. The molecular formula is C12H18N2O. The van der Waals surface area contributed by atoms with Crippen LogP contribution in [0.3, 0.4) is 0 Å². The van der Waals surface area contributed by atoms with Crippen LogP contribution in [-0.4, -0.2) is 24.2 Å². The Morgan fingerprint density at radius 2 is 2.13 bits per heavy atom. The summed E-state index contributed by atoms with van der Waals surface area (Å²) >= 11 is 0. The zero-order valence-corrected chi connectivity index (χ0v) is 9.15. The van der Waals surface area contributed by atoms with Gasteiger partial charge in [-0.1, -0.05) is 0 Å². The average Bonchev–Trinajstić information content (AvgIpc) is 2.31. The van der Waals surface area contributed by atoms with Crippen molar-refractivity contribution in [3.05, 3.63) is 24.5 Å². The van der Waals surface area contributed by atoms with Gasteiger partial charge in [-0.2, -0.15) is 0 Å². The number of ether oxygens (including phenoxy) is 1. The molecule has 1 heterocycles. The highest BCUT2D eigenvalue weighted by Gasteiger charge is 2.20. The van der Waals surface area contributed by atoms with Gasteiger partial charge < -0.3 is 10.1 Å². The third-order valence-corrected chi connectivity index (χ3v) is 3.02. The monoisotopic (exact) mass is 206 g/mol. The predicted molar refractivity (Wildman–Crippen MR) is 60.0 cm³/mol. The topological polar surface area (TPSA) is 34.1 Å². The second kappa shape index (κ2) is 5.12. The lowest BCUT2D eigenvalue weighted by molar-refractivity contribution is 0.141. The van der Waals surface area contributed by atoms with E-state index < -0.39 is 0 Å². The standard InChI is InChI=1S/C12H18N2O/c1-13-10-4-6-11(7-5-10)15-12-3-2-8-14-9-12/h2-3,8-11,13H,4-7H2,1H3/t10-,11-. The van der Waals surface area contributed by atoms with E-state index in [-0.39, 0.29) is 0 Å². The van der Waals surface area contributed by atoms with Crippen molar-refractivity contribution in [2.45, 2.75) is 37.8 Å². The molecule has 1 aliphatic carbocycles. The molecule has 1 N–H and O–H groups in total. The first-order valence-corrected chi connectivity index (χ1v) is 5.62. The summed E-state index contributed by atoms with van der Waals surface area (Å²) in [5.41, 5.74) is 0. The number of nitrogens with zero attached hydrogens (tertiary/aromatic N) is 1. The van der Waals surface area contributed by atoms with Crippen molar-refractivity contribution in [1.29, 1.82) is 0 Å². The molecule has 1 saturated carbocycles. The highest BCUT2D eigenvalue weighted by molar-refractivity contribution is 5.15.